The Morgan fingerprint density at radius 2 is 1.91 bits per heavy atom. The minimum atomic E-state index is -0.745. The van der Waals surface area contributed by atoms with Crippen LogP contribution < -0.4 is 4.74 Å². The summed E-state index contributed by atoms with van der Waals surface area (Å²) in [7, 11) is 0. The summed E-state index contributed by atoms with van der Waals surface area (Å²) in [6.45, 7) is 4.17. The highest BCUT2D eigenvalue weighted by Crippen LogP contribution is 2.32. The van der Waals surface area contributed by atoms with Gasteiger partial charge in [-0.2, -0.15) is 0 Å². The highest BCUT2D eigenvalue weighted by Gasteiger charge is 2.10. The maximum absolute atomic E-state index is 10.7. The molecule has 1 atom stereocenters. The number of rotatable bonds is 8. The van der Waals surface area contributed by atoms with Crippen LogP contribution in [-0.2, 0) is 11.2 Å². The van der Waals surface area contributed by atoms with Gasteiger partial charge in [0.1, 0.15) is 5.75 Å². The number of ether oxygens (including phenoxy) is 1. The van der Waals surface area contributed by atoms with Gasteiger partial charge >= 0.3 is 5.97 Å². The average Bonchev–Trinajstić information content (AvgIpc) is 2.56. The third-order valence-electron chi connectivity index (χ3n) is 3.89. The van der Waals surface area contributed by atoms with Crippen molar-refractivity contribution >= 4 is 5.97 Å². The molecule has 0 bridgehead atoms. The van der Waals surface area contributed by atoms with Crippen LogP contribution in [-0.4, -0.2) is 17.2 Å². The summed E-state index contributed by atoms with van der Waals surface area (Å²) in [5.41, 5.74) is 3.33. The molecule has 0 saturated heterocycles. The molecule has 0 fully saturated rings. The van der Waals surface area contributed by atoms with Crippen LogP contribution in [0.3, 0.4) is 0 Å². The summed E-state index contributed by atoms with van der Waals surface area (Å²) in [4.78, 5) is 10.7. The van der Waals surface area contributed by atoms with Crippen molar-refractivity contribution in [3.63, 3.8) is 0 Å². The lowest BCUT2D eigenvalue weighted by Crippen LogP contribution is -2.10. The third kappa shape index (κ3) is 5.13. The van der Waals surface area contributed by atoms with Gasteiger partial charge in [0, 0.05) is 12.0 Å². The van der Waals surface area contributed by atoms with Crippen LogP contribution >= 0.6 is 0 Å². The maximum atomic E-state index is 10.7. The van der Waals surface area contributed by atoms with Gasteiger partial charge in [-0.25, -0.2) is 0 Å². The van der Waals surface area contributed by atoms with Crippen molar-refractivity contribution in [1.82, 2.24) is 0 Å². The van der Waals surface area contributed by atoms with Crippen molar-refractivity contribution in [2.45, 2.75) is 45.6 Å². The first kappa shape index (κ1) is 17.1. The van der Waals surface area contributed by atoms with E-state index in [9.17, 15) is 4.79 Å². The Morgan fingerprint density at radius 3 is 2.57 bits per heavy atom. The van der Waals surface area contributed by atoms with Gasteiger partial charge in [-0.1, -0.05) is 43.3 Å². The molecular formula is C20H24O3. The molecule has 0 radical (unpaired) electrons. The molecule has 0 aliphatic rings. The van der Waals surface area contributed by atoms with Crippen LogP contribution in [0.25, 0.3) is 11.1 Å². The highest BCUT2D eigenvalue weighted by atomic mass is 16.5. The molecule has 1 N–H and O–H groups in total. The van der Waals surface area contributed by atoms with Crippen molar-refractivity contribution in [3.8, 4) is 16.9 Å². The van der Waals surface area contributed by atoms with Crippen LogP contribution in [0.1, 0.15) is 38.7 Å². The fraction of sp³-hybridized carbons (Fsp3) is 0.350. The molecule has 1 unspecified atom stereocenters. The maximum Gasteiger partial charge on any atom is 0.303 e. The van der Waals surface area contributed by atoms with Gasteiger partial charge in [-0.3, -0.25) is 4.79 Å². The topological polar surface area (TPSA) is 46.5 Å². The van der Waals surface area contributed by atoms with Crippen molar-refractivity contribution in [1.29, 1.82) is 0 Å². The number of aliphatic carboxylic acids is 1. The Balaban J connectivity index is 2.27. The number of carbonyl (C=O) groups is 1. The van der Waals surface area contributed by atoms with Crippen LogP contribution in [0.4, 0.5) is 0 Å². The molecule has 2 aromatic rings. The first-order valence-corrected chi connectivity index (χ1v) is 8.17. The zero-order valence-corrected chi connectivity index (χ0v) is 13.8. The van der Waals surface area contributed by atoms with Crippen LogP contribution in [0.15, 0.2) is 48.5 Å². The van der Waals surface area contributed by atoms with Crippen molar-refractivity contribution in [2.24, 2.45) is 0 Å². The molecule has 0 amide bonds. The number of benzene rings is 2. The van der Waals surface area contributed by atoms with Gasteiger partial charge < -0.3 is 9.84 Å². The smallest absolute Gasteiger partial charge is 0.303 e. The normalized spacial score (nSPS) is 11.9. The predicted molar refractivity (Wildman–Crippen MR) is 92.8 cm³/mol. The van der Waals surface area contributed by atoms with E-state index in [1.807, 2.05) is 30.3 Å². The molecular weight excluding hydrogens is 288 g/mol. The van der Waals surface area contributed by atoms with E-state index >= 15 is 0 Å². The number of aryl methyl sites for hydroxylation is 1. The largest absolute Gasteiger partial charge is 0.490 e. The lowest BCUT2D eigenvalue weighted by molar-refractivity contribution is -0.137. The van der Waals surface area contributed by atoms with Crippen LogP contribution in [0.5, 0.6) is 5.75 Å². The molecule has 122 valence electrons. The SMILES string of the molecule is CCC(C)Oc1ccc(CCCC(=O)O)cc1-c1ccccc1. The van der Waals surface area contributed by atoms with Crippen molar-refractivity contribution in [3.05, 3.63) is 54.1 Å². The van der Waals surface area contributed by atoms with Crippen molar-refractivity contribution < 1.29 is 14.6 Å². The Kier molecular flexibility index (Phi) is 6.21. The quantitative estimate of drug-likeness (QED) is 0.751. The van der Waals surface area contributed by atoms with Crippen LogP contribution in [0.2, 0.25) is 0 Å². The molecule has 3 nitrogen and oxygen atoms in total. The van der Waals surface area contributed by atoms with Gasteiger partial charge in [0.15, 0.2) is 0 Å². The van der Waals surface area contributed by atoms with E-state index in [-0.39, 0.29) is 12.5 Å². The van der Waals surface area contributed by atoms with E-state index in [0.717, 1.165) is 35.3 Å². The summed E-state index contributed by atoms with van der Waals surface area (Å²) in [5.74, 6) is 0.137. The fourth-order valence-corrected chi connectivity index (χ4v) is 2.42. The minimum absolute atomic E-state index is 0.162. The predicted octanol–water partition coefficient (Wildman–Crippen LogP) is 4.94. The molecule has 0 saturated carbocycles. The Labute approximate surface area is 137 Å². The zero-order valence-electron chi connectivity index (χ0n) is 13.8. The van der Waals surface area contributed by atoms with Gasteiger partial charge in [0.25, 0.3) is 0 Å². The van der Waals surface area contributed by atoms with E-state index in [1.54, 1.807) is 0 Å². The molecule has 0 heterocycles. The second kappa shape index (κ2) is 8.37. The first-order valence-electron chi connectivity index (χ1n) is 8.17. The molecule has 3 heteroatoms. The van der Waals surface area contributed by atoms with Gasteiger partial charge in [0.2, 0.25) is 0 Å². The number of hydrogen-bond acceptors (Lipinski definition) is 2. The summed E-state index contributed by atoms with van der Waals surface area (Å²) in [6, 6.07) is 16.3. The standard InChI is InChI=1S/C20H24O3/c1-3-15(2)23-19-13-12-16(8-7-11-20(21)22)14-18(19)17-9-5-4-6-10-17/h4-6,9-10,12-15H,3,7-8,11H2,1-2H3,(H,21,22). The molecule has 0 aliphatic carbocycles. The third-order valence-corrected chi connectivity index (χ3v) is 3.89. The van der Waals surface area contributed by atoms with E-state index in [2.05, 4.69) is 32.0 Å². The number of hydrogen-bond donors (Lipinski definition) is 1. The Morgan fingerprint density at radius 1 is 1.17 bits per heavy atom. The zero-order chi connectivity index (χ0) is 16.7. The molecule has 0 aromatic heterocycles. The van der Waals surface area contributed by atoms with Crippen molar-refractivity contribution in [2.75, 3.05) is 0 Å². The lowest BCUT2D eigenvalue weighted by atomic mass is 9.99. The molecule has 2 aromatic carbocycles. The number of carboxylic acid groups (broad SMARTS) is 1. The molecule has 0 aliphatic heterocycles. The van der Waals surface area contributed by atoms with E-state index in [0.29, 0.717) is 6.42 Å². The average molecular weight is 312 g/mol. The lowest BCUT2D eigenvalue weighted by Gasteiger charge is -2.17. The monoisotopic (exact) mass is 312 g/mol. The summed E-state index contributed by atoms with van der Waals surface area (Å²) in [6.07, 6.45) is 2.72. The molecule has 2 rings (SSSR count). The van der Waals surface area contributed by atoms with Gasteiger partial charge in [-0.05, 0) is 49.4 Å². The number of carboxylic acids is 1. The summed E-state index contributed by atoms with van der Waals surface area (Å²) < 4.78 is 6.05. The van der Waals surface area contributed by atoms with E-state index < -0.39 is 5.97 Å². The van der Waals surface area contributed by atoms with Gasteiger partial charge in [0.05, 0.1) is 6.10 Å². The summed E-state index contributed by atoms with van der Waals surface area (Å²) >= 11 is 0. The first-order chi connectivity index (χ1) is 11.1. The molecule has 23 heavy (non-hydrogen) atoms. The minimum Gasteiger partial charge on any atom is -0.490 e. The summed E-state index contributed by atoms with van der Waals surface area (Å²) in [5, 5.41) is 8.77. The van der Waals surface area contributed by atoms with Gasteiger partial charge in [-0.15, -0.1) is 0 Å². The van der Waals surface area contributed by atoms with E-state index in [4.69, 9.17) is 9.84 Å². The van der Waals surface area contributed by atoms with E-state index in [1.165, 1.54) is 0 Å². The second-order valence-electron chi connectivity index (χ2n) is 5.78. The molecule has 0 spiro atoms. The second-order valence-corrected chi connectivity index (χ2v) is 5.78. The van der Waals surface area contributed by atoms with Crippen LogP contribution in [0, 0.1) is 0 Å². The highest BCUT2D eigenvalue weighted by molar-refractivity contribution is 5.71. The Bertz CT molecular complexity index is 635. The Hall–Kier alpha value is -2.29. The fourth-order valence-electron chi connectivity index (χ4n) is 2.42.